The number of methoxy groups -OCH3 is 1. The Morgan fingerprint density at radius 1 is 1.41 bits per heavy atom. The minimum Gasteiger partial charge on any atom is -0.497 e. The Morgan fingerprint density at radius 2 is 2.29 bits per heavy atom. The molecule has 2 aromatic rings. The Morgan fingerprint density at radius 3 is 3.00 bits per heavy atom. The predicted octanol–water partition coefficient (Wildman–Crippen LogP) is 2.04. The van der Waals surface area contributed by atoms with Gasteiger partial charge in [-0.05, 0) is 18.2 Å². The van der Waals surface area contributed by atoms with Crippen molar-refractivity contribution in [2.75, 3.05) is 20.2 Å². The third-order valence-corrected chi connectivity index (χ3v) is 3.02. The van der Waals surface area contributed by atoms with Crippen molar-refractivity contribution in [1.29, 1.82) is 0 Å². The van der Waals surface area contributed by atoms with E-state index in [0.29, 0.717) is 11.8 Å². The Hall–Kier alpha value is -1.81. The van der Waals surface area contributed by atoms with Crippen molar-refractivity contribution in [2.45, 2.75) is 5.92 Å². The number of rotatable bonds is 3. The summed E-state index contributed by atoms with van der Waals surface area (Å²) >= 11 is 0. The number of nitrogens with zero attached hydrogens (tertiary/aromatic N) is 1. The highest BCUT2D eigenvalue weighted by Crippen LogP contribution is 2.27. The van der Waals surface area contributed by atoms with E-state index in [4.69, 9.17) is 9.15 Å². The van der Waals surface area contributed by atoms with Crippen LogP contribution in [0.3, 0.4) is 0 Å². The molecular weight excluding hydrogens is 216 g/mol. The van der Waals surface area contributed by atoms with Gasteiger partial charge >= 0.3 is 0 Å². The molecule has 0 atom stereocenters. The molecule has 4 nitrogen and oxygen atoms in total. The van der Waals surface area contributed by atoms with Gasteiger partial charge in [-0.15, -0.1) is 0 Å². The fraction of sp³-hybridized carbons (Fsp3) is 0.308. The second-order valence-electron chi connectivity index (χ2n) is 4.15. The molecule has 0 spiro atoms. The predicted molar refractivity (Wildman–Crippen MR) is 64.1 cm³/mol. The van der Waals surface area contributed by atoms with Crippen molar-refractivity contribution >= 4 is 0 Å². The van der Waals surface area contributed by atoms with Crippen LogP contribution in [0.4, 0.5) is 0 Å². The van der Waals surface area contributed by atoms with Crippen molar-refractivity contribution in [2.24, 2.45) is 0 Å². The van der Waals surface area contributed by atoms with Gasteiger partial charge in [0.05, 0.1) is 13.3 Å². The first kappa shape index (κ1) is 10.4. The maximum absolute atomic E-state index is 5.77. The molecule has 1 fully saturated rings. The first-order valence-corrected chi connectivity index (χ1v) is 5.67. The third-order valence-electron chi connectivity index (χ3n) is 3.02. The lowest BCUT2D eigenvalue weighted by molar-refractivity contribution is 0.373. The SMILES string of the molecule is COc1cccc(-c2ncc(C3CNC3)o2)c1. The molecule has 0 amide bonds. The molecule has 1 aromatic carbocycles. The standard InChI is InChI=1S/C13H14N2O2/c1-16-11-4-2-3-9(5-11)13-15-8-12(17-13)10-6-14-7-10/h2-5,8,10,14H,6-7H2,1H3. The Bertz CT molecular complexity index is 518. The van der Waals surface area contributed by atoms with Crippen LogP contribution in [0.2, 0.25) is 0 Å². The van der Waals surface area contributed by atoms with Crippen LogP contribution >= 0.6 is 0 Å². The quantitative estimate of drug-likeness (QED) is 0.876. The van der Waals surface area contributed by atoms with Crippen molar-refractivity contribution in [3.63, 3.8) is 0 Å². The van der Waals surface area contributed by atoms with Crippen LogP contribution in [0.1, 0.15) is 11.7 Å². The Balaban J connectivity index is 1.89. The molecule has 3 rings (SSSR count). The molecule has 1 aromatic heterocycles. The van der Waals surface area contributed by atoms with E-state index in [0.717, 1.165) is 30.2 Å². The smallest absolute Gasteiger partial charge is 0.226 e. The van der Waals surface area contributed by atoms with Crippen molar-refractivity contribution in [3.8, 4) is 17.2 Å². The second kappa shape index (κ2) is 4.22. The van der Waals surface area contributed by atoms with Gasteiger partial charge in [0.25, 0.3) is 0 Å². The van der Waals surface area contributed by atoms with Gasteiger partial charge in [-0.1, -0.05) is 6.07 Å². The summed E-state index contributed by atoms with van der Waals surface area (Å²) < 4.78 is 10.9. The molecule has 0 bridgehead atoms. The summed E-state index contributed by atoms with van der Waals surface area (Å²) in [5.74, 6) is 2.90. The fourth-order valence-electron chi connectivity index (χ4n) is 1.85. The van der Waals surface area contributed by atoms with E-state index >= 15 is 0 Å². The van der Waals surface area contributed by atoms with E-state index in [1.807, 2.05) is 30.5 Å². The first-order chi connectivity index (χ1) is 8.36. The summed E-state index contributed by atoms with van der Waals surface area (Å²) in [5, 5.41) is 3.22. The number of benzene rings is 1. The fourth-order valence-corrected chi connectivity index (χ4v) is 1.85. The molecule has 0 aliphatic carbocycles. The Labute approximate surface area is 99.6 Å². The zero-order valence-corrected chi connectivity index (χ0v) is 9.64. The molecule has 88 valence electrons. The zero-order valence-electron chi connectivity index (χ0n) is 9.64. The minimum atomic E-state index is 0.474. The number of hydrogen-bond donors (Lipinski definition) is 1. The van der Waals surface area contributed by atoms with Gasteiger partial charge in [-0.2, -0.15) is 0 Å². The van der Waals surface area contributed by atoms with Gasteiger partial charge in [-0.3, -0.25) is 0 Å². The molecule has 1 aliphatic rings. The maximum Gasteiger partial charge on any atom is 0.226 e. The summed E-state index contributed by atoms with van der Waals surface area (Å²) in [6.45, 7) is 1.96. The highest BCUT2D eigenvalue weighted by Gasteiger charge is 2.23. The van der Waals surface area contributed by atoms with Crippen molar-refractivity contribution in [3.05, 3.63) is 36.2 Å². The molecule has 1 aliphatic heterocycles. The normalized spacial score (nSPS) is 15.6. The lowest BCUT2D eigenvalue weighted by Crippen LogP contribution is -2.39. The molecule has 4 heteroatoms. The summed E-state index contributed by atoms with van der Waals surface area (Å²) in [7, 11) is 1.65. The van der Waals surface area contributed by atoms with Gasteiger partial charge < -0.3 is 14.5 Å². The highest BCUT2D eigenvalue weighted by atomic mass is 16.5. The van der Waals surface area contributed by atoms with E-state index in [2.05, 4.69) is 10.3 Å². The molecule has 0 saturated carbocycles. The van der Waals surface area contributed by atoms with Crippen LogP contribution in [-0.2, 0) is 0 Å². The molecule has 17 heavy (non-hydrogen) atoms. The van der Waals surface area contributed by atoms with E-state index in [1.54, 1.807) is 7.11 Å². The van der Waals surface area contributed by atoms with Crippen LogP contribution in [-0.4, -0.2) is 25.2 Å². The van der Waals surface area contributed by atoms with Crippen LogP contribution in [0.15, 0.2) is 34.9 Å². The number of nitrogens with one attached hydrogen (secondary N) is 1. The number of oxazole rings is 1. The minimum absolute atomic E-state index is 0.474. The van der Waals surface area contributed by atoms with Gasteiger partial charge in [0.15, 0.2) is 0 Å². The lowest BCUT2D eigenvalue weighted by Gasteiger charge is -2.24. The molecule has 0 unspecified atom stereocenters. The zero-order chi connectivity index (χ0) is 11.7. The van der Waals surface area contributed by atoms with Crippen molar-refractivity contribution < 1.29 is 9.15 Å². The number of ether oxygens (including phenoxy) is 1. The average Bonchev–Trinajstić information content (AvgIpc) is 2.76. The summed E-state index contributed by atoms with van der Waals surface area (Å²) in [5.41, 5.74) is 0.947. The van der Waals surface area contributed by atoms with Gasteiger partial charge in [-0.25, -0.2) is 4.98 Å². The van der Waals surface area contributed by atoms with Crippen LogP contribution in [0, 0.1) is 0 Å². The van der Waals surface area contributed by atoms with E-state index in [9.17, 15) is 0 Å². The van der Waals surface area contributed by atoms with E-state index in [1.165, 1.54) is 0 Å². The van der Waals surface area contributed by atoms with Crippen LogP contribution in [0.5, 0.6) is 5.75 Å². The average molecular weight is 230 g/mol. The van der Waals surface area contributed by atoms with Crippen LogP contribution in [0.25, 0.3) is 11.5 Å². The summed E-state index contributed by atoms with van der Waals surface area (Å²) in [6, 6.07) is 7.73. The maximum atomic E-state index is 5.77. The van der Waals surface area contributed by atoms with E-state index < -0.39 is 0 Å². The van der Waals surface area contributed by atoms with Gasteiger partial charge in [0.1, 0.15) is 11.5 Å². The molecule has 1 N–H and O–H groups in total. The Kier molecular flexibility index (Phi) is 2.57. The largest absolute Gasteiger partial charge is 0.497 e. The number of aromatic nitrogens is 1. The van der Waals surface area contributed by atoms with Crippen LogP contribution < -0.4 is 10.1 Å². The molecule has 0 radical (unpaired) electrons. The monoisotopic (exact) mass is 230 g/mol. The summed E-state index contributed by atoms with van der Waals surface area (Å²) in [4.78, 5) is 4.31. The molecule has 1 saturated heterocycles. The molecule has 2 heterocycles. The first-order valence-electron chi connectivity index (χ1n) is 5.67. The highest BCUT2D eigenvalue weighted by molar-refractivity contribution is 5.55. The van der Waals surface area contributed by atoms with Gasteiger partial charge in [0.2, 0.25) is 5.89 Å². The van der Waals surface area contributed by atoms with E-state index in [-0.39, 0.29) is 0 Å². The third kappa shape index (κ3) is 1.91. The second-order valence-corrected chi connectivity index (χ2v) is 4.15. The lowest BCUT2D eigenvalue weighted by atomic mass is 10.0. The number of hydrogen-bond acceptors (Lipinski definition) is 4. The molecular formula is C13H14N2O2. The van der Waals surface area contributed by atoms with Crippen molar-refractivity contribution in [1.82, 2.24) is 10.3 Å². The summed E-state index contributed by atoms with van der Waals surface area (Å²) in [6.07, 6.45) is 1.82. The topological polar surface area (TPSA) is 47.3 Å². The van der Waals surface area contributed by atoms with Gasteiger partial charge in [0, 0.05) is 24.6 Å².